The molecule has 0 aromatic carbocycles. The van der Waals surface area contributed by atoms with Crippen LogP contribution in [0.25, 0.3) is 0 Å². The number of hydrogen-bond donors (Lipinski definition) is 0. The second-order valence-electron chi connectivity index (χ2n) is 7.60. The van der Waals surface area contributed by atoms with Gasteiger partial charge in [0, 0.05) is 0 Å². The average Bonchev–Trinajstić information content (AvgIpc) is 1.96. The van der Waals surface area contributed by atoms with Gasteiger partial charge in [0.25, 0.3) is 0 Å². The minimum atomic E-state index is -0.0365. The molecular formula is C16H33P. The summed E-state index contributed by atoms with van der Waals surface area (Å²) in [6.07, 6.45) is 7.00. The summed E-state index contributed by atoms with van der Waals surface area (Å²) < 4.78 is 0. The molecule has 1 heteroatoms. The van der Waals surface area contributed by atoms with Crippen molar-refractivity contribution in [3.63, 3.8) is 0 Å². The molecule has 0 aliphatic carbocycles. The fourth-order valence-electron chi connectivity index (χ4n) is 3.54. The zero-order chi connectivity index (χ0) is 13.9. The van der Waals surface area contributed by atoms with E-state index in [1.807, 2.05) is 0 Å². The van der Waals surface area contributed by atoms with Crippen molar-refractivity contribution in [1.82, 2.24) is 0 Å². The minimum absolute atomic E-state index is 0.0365. The summed E-state index contributed by atoms with van der Waals surface area (Å²) in [5, 5.41) is 1.30. The number of hydrogen-bond acceptors (Lipinski definition) is 0. The first-order chi connectivity index (χ1) is 7.43. The topological polar surface area (TPSA) is 0 Å². The van der Waals surface area contributed by atoms with Crippen LogP contribution in [0.2, 0.25) is 0 Å². The molecule has 0 N–H and O–H groups in total. The predicted molar refractivity (Wildman–Crippen MR) is 84.6 cm³/mol. The lowest BCUT2D eigenvalue weighted by Crippen LogP contribution is -2.36. The SMILES string of the molecule is CC=CCCC(C)(C)P(C(C)(C)C)C(C)(C)C. The quantitative estimate of drug-likeness (QED) is 0.415. The molecule has 0 bridgehead atoms. The summed E-state index contributed by atoms with van der Waals surface area (Å²) in [6.45, 7) is 21.6. The van der Waals surface area contributed by atoms with Crippen molar-refractivity contribution >= 4 is 7.92 Å². The highest BCUT2D eigenvalue weighted by molar-refractivity contribution is 7.62. The van der Waals surface area contributed by atoms with Crippen molar-refractivity contribution in [2.24, 2.45) is 0 Å². The van der Waals surface area contributed by atoms with Crippen molar-refractivity contribution in [2.75, 3.05) is 0 Å². The van der Waals surface area contributed by atoms with Crippen LogP contribution in [0.15, 0.2) is 12.2 Å². The summed E-state index contributed by atoms with van der Waals surface area (Å²) in [5.41, 5.74) is 0. The highest BCUT2D eigenvalue weighted by atomic mass is 31.1. The van der Waals surface area contributed by atoms with E-state index < -0.39 is 0 Å². The lowest BCUT2D eigenvalue weighted by Gasteiger charge is -2.51. The van der Waals surface area contributed by atoms with E-state index in [2.05, 4.69) is 74.5 Å². The maximum atomic E-state index is 2.47. The molecule has 102 valence electrons. The average molecular weight is 256 g/mol. The van der Waals surface area contributed by atoms with Crippen LogP contribution in [0, 0.1) is 0 Å². The molecule has 0 saturated carbocycles. The molecule has 0 radical (unpaired) electrons. The van der Waals surface area contributed by atoms with Crippen LogP contribution < -0.4 is 0 Å². The third-order valence-electron chi connectivity index (χ3n) is 3.11. The van der Waals surface area contributed by atoms with Gasteiger partial charge in [-0.2, -0.15) is 0 Å². The van der Waals surface area contributed by atoms with Crippen molar-refractivity contribution in [1.29, 1.82) is 0 Å². The van der Waals surface area contributed by atoms with Gasteiger partial charge in [0.05, 0.1) is 0 Å². The van der Waals surface area contributed by atoms with Gasteiger partial charge >= 0.3 is 0 Å². The maximum absolute atomic E-state index is 2.47. The van der Waals surface area contributed by atoms with Gasteiger partial charge in [-0.15, -0.1) is 0 Å². The Morgan fingerprint density at radius 1 is 0.824 bits per heavy atom. The number of rotatable bonds is 4. The Kier molecular flexibility index (Phi) is 5.93. The van der Waals surface area contributed by atoms with Crippen LogP contribution in [0.4, 0.5) is 0 Å². The molecule has 0 amide bonds. The van der Waals surface area contributed by atoms with Crippen LogP contribution in [-0.2, 0) is 0 Å². The molecule has 0 aromatic heterocycles. The van der Waals surface area contributed by atoms with Crippen LogP contribution in [0.3, 0.4) is 0 Å². The summed E-state index contributed by atoms with van der Waals surface area (Å²) >= 11 is 0. The summed E-state index contributed by atoms with van der Waals surface area (Å²) in [6, 6.07) is 0. The van der Waals surface area contributed by atoms with Gasteiger partial charge < -0.3 is 0 Å². The van der Waals surface area contributed by atoms with Crippen molar-refractivity contribution in [3.8, 4) is 0 Å². The first-order valence-electron chi connectivity index (χ1n) is 6.84. The lowest BCUT2D eigenvalue weighted by molar-refractivity contribution is 0.579. The highest BCUT2D eigenvalue weighted by Crippen LogP contribution is 2.68. The van der Waals surface area contributed by atoms with Crippen molar-refractivity contribution in [2.45, 2.75) is 90.6 Å². The molecule has 0 saturated heterocycles. The third kappa shape index (κ3) is 5.56. The summed E-state index contributed by atoms with van der Waals surface area (Å²) in [4.78, 5) is 0. The van der Waals surface area contributed by atoms with E-state index in [0.29, 0.717) is 15.5 Å². The van der Waals surface area contributed by atoms with E-state index in [1.165, 1.54) is 12.8 Å². The van der Waals surface area contributed by atoms with E-state index in [4.69, 9.17) is 0 Å². The van der Waals surface area contributed by atoms with Gasteiger partial charge in [-0.1, -0.05) is 75.5 Å². The van der Waals surface area contributed by atoms with E-state index in [9.17, 15) is 0 Å². The Labute approximate surface area is 111 Å². The molecule has 0 fully saturated rings. The first-order valence-corrected chi connectivity index (χ1v) is 8.18. The molecule has 0 rings (SSSR count). The standard InChI is InChI=1S/C16H33P/c1-10-11-12-13-16(8,9)17(14(2,3)4)15(5,6)7/h10-11H,12-13H2,1-9H3. The largest absolute Gasteiger partial charge is 0.0917 e. The molecule has 0 aliphatic heterocycles. The zero-order valence-electron chi connectivity index (χ0n) is 13.5. The van der Waals surface area contributed by atoms with E-state index in [1.54, 1.807) is 0 Å². The fraction of sp³-hybridized carbons (Fsp3) is 0.875. The molecule has 0 unspecified atom stereocenters. The Morgan fingerprint density at radius 3 is 1.53 bits per heavy atom. The van der Waals surface area contributed by atoms with Crippen molar-refractivity contribution < 1.29 is 0 Å². The van der Waals surface area contributed by atoms with Gasteiger partial charge in [-0.3, -0.25) is 0 Å². The van der Waals surface area contributed by atoms with Crippen LogP contribution in [-0.4, -0.2) is 15.5 Å². The Balaban J connectivity index is 5.04. The molecular weight excluding hydrogens is 223 g/mol. The Morgan fingerprint density at radius 2 is 1.24 bits per heavy atom. The minimum Gasteiger partial charge on any atom is -0.0917 e. The third-order valence-corrected chi connectivity index (χ3v) is 7.22. The van der Waals surface area contributed by atoms with Gasteiger partial charge in [-0.05, 0) is 35.2 Å². The highest BCUT2D eigenvalue weighted by Gasteiger charge is 2.43. The van der Waals surface area contributed by atoms with Crippen LogP contribution in [0.1, 0.15) is 75.2 Å². The monoisotopic (exact) mass is 256 g/mol. The van der Waals surface area contributed by atoms with Gasteiger partial charge in [-0.25, -0.2) is 0 Å². The summed E-state index contributed by atoms with van der Waals surface area (Å²) in [5.74, 6) is 0. The summed E-state index contributed by atoms with van der Waals surface area (Å²) in [7, 11) is -0.0365. The van der Waals surface area contributed by atoms with Crippen LogP contribution in [0.5, 0.6) is 0 Å². The van der Waals surface area contributed by atoms with Crippen LogP contribution >= 0.6 is 7.92 Å². The smallest absolute Gasteiger partial charge is 0.0139 e. The van der Waals surface area contributed by atoms with Gasteiger partial charge in [0.2, 0.25) is 0 Å². The molecule has 17 heavy (non-hydrogen) atoms. The normalized spacial score (nSPS) is 14.9. The maximum Gasteiger partial charge on any atom is -0.0139 e. The van der Waals surface area contributed by atoms with E-state index in [0.717, 1.165) is 0 Å². The second kappa shape index (κ2) is 5.87. The number of allylic oxidation sites excluding steroid dienone is 2. The predicted octanol–water partition coefficient (Wildman–Crippen LogP) is 6.20. The van der Waals surface area contributed by atoms with Crippen molar-refractivity contribution in [3.05, 3.63) is 12.2 Å². The Bertz CT molecular complexity index is 234. The molecule has 0 atom stereocenters. The fourth-order valence-corrected chi connectivity index (χ4v) is 9.53. The lowest BCUT2D eigenvalue weighted by atomic mass is 10.1. The molecule has 0 heterocycles. The van der Waals surface area contributed by atoms with Gasteiger partial charge in [0.15, 0.2) is 0 Å². The second-order valence-corrected chi connectivity index (χ2v) is 12.2. The van der Waals surface area contributed by atoms with Gasteiger partial charge in [0.1, 0.15) is 0 Å². The molecule has 0 spiro atoms. The van der Waals surface area contributed by atoms with E-state index >= 15 is 0 Å². The molecule has 0 aromatic rings. The zero-order valence-corrected chi connectivity index (χ0v) is 14.4. The molecule has 0 nitrogen and oxygen atoms in total. The first kappa shape index (κ1) is 17.2. The van der Waals surface area contributed by atoms with E-state index in [-0.39, 0.29) is 7.92 Å². The molecule has 0 aliphatic rings. The Hall–Kier alpha value is 0.170.